The first-order valence-corrected chi connectivity index (χ1v) is 8.61. The molecule has 1 aromatic heterocycles. The Morgan fingerprint density at radius 3 is 2.96 bits per heavy atom. The molecule has 0 spiro atoms. The lowest BCUT2D eigenvalue weighted by molar-refractivity contribution is 0.149. The molecule has 1 aromatic carbocycles. The lowest BCUT2D eigenvalue weighted by Crippen LogP contribution is -2.34. The monoisotopic (exact) mass is 303 g/mol. The van der Waals surface area contributed by atoms with Crippen LogP contribution < -0.4 is 4.74 Å². The van der Waals surface area contributed by atoms with Crippen LogP contribution >= 0.6 is 0 Å². The van der Waals surface area contributed by atoms with Crippen molar-refractivity contribution in [2.45, 2.75) is 31.8 Å². The van der Waals surface area contributed by atoms with Crippen LogP contribution in [0.2, 0.25) is 0 Å². The van der Waals surface area contributed by atoms with Gasteiger partial charge in [0.25, 0.3) is 0 Å². The molecule has 3 aliphatic rings. The van der Waals surface area contributed by atoms with Gasteiger partial charge >= 0.3 is 0 Å². The van der Waals surface area contributed by atoms with Crippen LogP contribution in [-0.4, -0.2) is 10.7 Å². The molecule has 0 radical (unpaired) electrons. The molecule has 23 heavy (non-hydrogen) atoms. The summed E-state index contributed by atoms with van der Waals surface area (Å²) in [5.41, 5.74) is 7.22. The highest BCUT2D eigenvalue weighted by atomic mass is 16.5. The summed E-state index contributed by atoms with van der Waals surface area (Å²) in [7, 11) is 2.24. The van der Waals surface area contributed by atoms with Crippen LogP contribution in [0.3, 0.4) is 0 Å². The van der Waals surface area contributed by atoms with Gasteiger partial charge in [0, 0.05) is 36.3 Å². The van der Waals surface area contributed by atoms with Crippen molar-refractivity contribution in [2.24, 2.45) is 13.0 Å². The summed E-state index contributed by atoms with van der Waals surface area (Å²) in [4.78, 5) is 0. The molecule has 2 atom stereocenters. The Morgan fingerprint density at radius 1 is 1.09 bits per heavy atom. The fraction of sp³-hybridized carbons (Fsp3) is 0.333. The third kappa shape index (κ3) is 1.94. The van der Waals surface area contributed by atoms with E-state index in [1.807, 2.05) is 0 Å². The first-order chi connectivity index (χ1) is 11.3. The second-order valence-electron chi connectivity index (χ2n) is 6.91. The summed E-state index contributed by atoms with van der Waals surface area (Å²) in [6.07, 6.45) is 14.0. The van der Waals surface area contributed by atoms with E-state index in [-0.39, 0.29) is 6.10 Å². The minimum atomic E-state index is 0.254. The zero-order valence-corrected chi connectivity index (χ0v) is 13.5. The molecular weight excluding hydrogens is 282 g/mol. The molecule has 0 saturated heterocycles. The van der Waals surface area contributed by atoms with Crippen LogP contribution in [0, 0.1) is 5.92 Å². The number of hydrogen-bond acceptors (Lipinski definition) is 1. The first-order valence-electron chi connectivity index (χ1n) is 8.61. The van der Waals surface area contributed by atoms with Gasteiger partial charge in [0.2, 0.25) is 0 Å². The lowest BCUT2D eigenvalue weighted by Gasteiger charge is -2.30. The molecule has 2 heteroatoms. The molecule has 0 saturated carbocycles. The third-order valence-electron chi connectivity index (χ3n) is 5.66. The van der Waals surface area contributed by atoms with Crippen LogP contribution in [0.4, 0.5) is 0 Å². The minimum Gasteiger partial charge on any atom is -0.489 e. The van der Waals surface area contributed by atoms with Crippen molar-refractivity contribution in [3.63, 3.8) is 0 Å². The number of benzene rings is 1. The topological polar surface area (TPSA) is 14.2 Å². The Bertz CT molecular complexity index is 840. The van der Waals surface area contributed by atoms with E-state index in [0.717, 1.165) is 18.6 Å². The van der Waals surface area contributed by atoms with E-state index in [1.165, 1.54) is 40.9 Å². The maximum atomic E-state index is 6.42. The van der Waals surface area contributed by atoms with Crippen molar-refractivity contribution in [1.29, 1.82) is 0 Å². The Balaban J connectivity index is 1.59. The van der Waals surface area contributed by atoms with Gasteiger partial charge in [-0.05, 0) is 36.5 Å². The van der Waals surface area contributed by atoms with E-state index in [4.69, 9.17) is 4.74 Å². The molecule has 1 aliphatic heterocycles. The molecule has 2 aliphatic carbocycles. The van der Waals surface area contributed by atoms with Crippen molar-refractivity contribution in [3.8, 4) is 5.75 Å². The summed E-state index contributed by atoms with van der Waals surface area (Å²) in [5.74, 6) is 1.49. The van der Waals surface area contributed by atoms with Crippen molar-refractivity contribution in [3.05, 3.63) is 64.5 Å². The highest BCUT2D eigenvalue weighted by Gasteiger charge is 2.34. The van der Waals surface area contributed by atoms with Crippen LogP contribution in [0.15, 0.2) is 36.4 Å². The van der Waals surface area contributed by atoms with Crippen LogP contribution in [-0.2, 0) is 26.3 Å². The van der Waals surface area contributed by atoms with Gasteiger partial charge in [0.15, 0.2) is 0 Å². The molecule has 116 valence electrons. The maximum Gasteiger partial charge on any atom is 0.126 e. The molecule has 0 bridgehead atoms. The SMILES string of the molecule is Cn1c2c(c3c1CC1C=Cc4ccccc4OC1C3)C=CCC2. The minimum absolute atomic E-state index is 0.254. The van der Waals surface area contributed by atoms with Crippen molar-refractivity contribution in [2.75, 3.05) is 0 Å². The molecule has 0 N–H and O–H groups in total. The zero-order chi connectivity index (χ0) is 15.4. The Hall–Kier alpha value is -2.22. The molecular formula is C21H21NO. The molecule has 0 fully saturated rings. The van der Waals surface area contributed by atoms with E-state index in [1.54, 1.807) is 0 Å². The van der Waals surface area contributed by atoms with E-state index in [0.29, 0.717) is 5.92 Å². The molecule has 2 unspecified atom stereocenters. The molecule has 2 nitrogen and oxygen atoms in total. The second-order valence-corrected chi connectivity index (χ2v) is 6.91. The second kappa shape index (κ2) is 4.89. The largest absolute Gasteiger partial charge is 0.489 e. The van der Waals surface area contributed by atoms with Crippen LogP contribution in [0.25, 0.3) is 12.2 Å². The number of aromatic nitrogens is 1. The van der Waals surface area contributed by atoms with Gasteiger partial charge < -0.3 is 9.30 Å². The van der Waals surface area contributed by atoms with Gasteiger partial charge in [0.05, 0.1) is 0 Å². The number of para-hydroxylation sites is 1. The van der Waals surface area contributed by atoms with Gasteiger partial charge in [-0.3, -0.25) is 0 Å². The number of fused-ring (bicyclic) bond motifs is 5. The number of nitrogens with zero attached hydrogens (tertiary/aromatic N) is 1. The van der Waals surface area contributed by atoms with Crippen molar-refractivity contribution < 1.29 is 4.74 Å². The summed E-state index contributed by atoms with van der Waals surface area (Å²) in [6, 6.07) is 8.38. The van der Waals surface area contributed by atoms with E-state index >= 15 is 0 Å². The Kier molecular flexibility index (Phi) is 2.81. The van der Waals surface area contributed by atoms with Crippen molar-refractivity contribution >= 4 is 12.2 Å². The quantitative estimate of drug-likeness (QED) is 0.712. The fourth-order valence-corrected chi connectivity index (χ4v) is 4.43. The number of rotatable bonds is 0. The zero-order valence-electron chi connectivity index (χ0n) is 13.5. The highest BCUT2D eigenvalue weighted by molar-refractivity contribution is 5.63. The van der Waals surface area contributed by atoms with Crippen molar-refractivity contribution in [1.82, 2.24) is 4.57 Å². The molecule has 0 amide bonds. The lowest BCUT2D eigenvalue weighted by atomic mass is 9.83. The maximum absolute atomic E-state index is 6.42. The van der Waals surface area contributed by atoms with E-state index < -0.39 is 0 Å². The highest BCUT2D eigenvalue weighted by Crippen LogP contribution is 2.39. The van der Waals surface area contributed by atoms with Gasteiger partial charge in [-0.2, -0.15) is 0 Å². The number of hydrogen-bond donors (Lipinski definition) is 0. The third-order valence-corrected chi connectivity index (χ3v) is 5.66. The molecule has 2 heterocycles. The predicted octanol–water partition coefficient (Wildman–Crippen LogP) is 4.17. The van der Waals surface area contributed by atoms with E-state index in [2.05, 4.69) is 60.2 Å². The Morgan fingerprint density at radius 2 is 2.00 bits per heavy atom. The van der Waals surface area contributed by atoms with E-state index in [9.17, 15) is 0 Å². The van der Waals surface area contributed by atoms with Gasteiger partial charge in [-0.15, -0.1) is 0 Å². The molecule has 2 aromatic rings. The number of ether oxygens (including phenoxy) is 1. The Labute approximate surface area is 137 Å². The van der Waals surface area contributed by atoms with Crippen LogP contribution in [0.5, 0.6) is 5.75 Å². The number of allylic oxidation sites excluding steroid dienone is 1. The van der Waals surface area contributed by atoms with Gasteiger partial charge in [-0.25, -0.2) is 0 Å². The normalized spacial score (nSPS) is 24.0. The average molecular weight is 303 g/mol. The fourth-order valence-electron chi connectivity index (χ4n) is 4.43. The standard InChI is InChI=1S/C21H21NO/c1-22-18-8-4-3-7-16(18)17-13-21-15(12-19(17)22)11-10-14-6-2-5-9-20(14)23-21/h2-3,5-7,9-11,15,21H,4,8,12-13H2,1H3. The smallest absolute Gasteiger partial charge is 0.126 e. The van der Waals surface area contributed by atoms with Gasteiger partial charge in [-0.1, -0.05) is 42.5 Å². The predicted molar refractivity (Wildman–Crippen MR) is 93.6 cm³/mol. The summed E-state index contributed by atoms with van der Waals surface area (Å²) >= 11 is 0. The van der Waals surface area contributed by atoms with Crippen LogP contribution in [0.1, 0.15) is 34.5 Å². The first kappa shape index (κ1) is 13.2. The summed E-state index contributed by atoms with van der Waals surface area (Å²) in [6.45, 7) is 0. The summed E-state index contributed by atoms with van der Waals surface area (Å²) < 4.78 is 8.88. The average Bonchev–Trinajstić information content (AvgIpc) is 2.76. The summed E-state index contributed by atoms with van der Waals surface area (Å²) in [5, 5.41) is 0. The molecule has 5 rings (SSSR count). The van der Waals surface area contributed by atoms with Gasteiger partial charge in [0.1, 0.15) is 11.9 Å².